The molecule has 0 fully saturated rings. The highest BCUT2D eigenvalue weighted by Gasteiger charge is 2.20. The maximum absolute atomic E-state index is 13.3. The number of carbonyl (C=O) groups is 1. The molecule has 0 spiro atoms. The van der Waals surface area contributed by atoms with Crippen molar-refractivity contribution in [1.82, 2.24) is 4.57 Å². The van der Waals surface area contributed by atoms with Crippen LogP contribution in [0, 0.1) is 36.8 Å². The van der Waals surface area contributed by atoms with Gasteiger partial charge in [-0.15, -0.1) is 11.8 Å². The van der Waals surface area contributed by atoms with Crippen molar-refractivity contribution in [3.05, 3.63) is 70.8 Å². The monoisotopic (exact) mass is 401 g/mol. The van der Waals surface area contributed by atoms with E-state index in [-0.39, 0.29) is 11.7 Å². The molecule has 0 radical (unpaired) electrons. The second-order valence-corrected chi connectivity index (χ2v) is 7.17. The third-order valence-electron chi connectivity index (χ3n) is 4.35. The summed E-state index contributed by atoms with van der Waals surface area (Å²) in [5.41, 5.74) is 2.00. The smallest absolute Gasteiger partial charge is 0.235 e. The Kier molecular flexibility index (Phi) is 5.85. The fourth-order valence-corrected chi connectivity index (χ4v) is 3.49. The second-order valence-electron chi connectivity index (χ2n) is 6.12. The van der Waals surface area contributed by atoms with E-state index in [0.717, 1.165) is 35.2 Å². The van der Waals surface area contributed by atoms with Gasteiger partial charge >= 0.3 is 0 Å². The van der Waals surface area contributed by atoms with Gasteiger partial charge in [0.15, 0.2) is 11.6 Å². The number of hydrogen-bond acceptors (Lipinski definition) is 4. The fraction of sp³-hybridized carbons (Fsp3) is 0.200. The third kappa shape index (κ3) is 4.10. The van der Waals surface area contributed by atoms with E-state index in [0.29, 0.717) is 28.6 Å². The molecule has 0 aliphatic carbocycles. The second kappa shape index (κ2) is 8.31. The molecule has 28 heavy (non-hydrogen) atoms. The molecule has 2 heterocycles. The molecule has 8 heteroatoms. The number of nitrogens with zero attached hydrogens (tertiary/aromatic N) is 2. The maximum atomic E-state index is 13.3. The van der Waals surface area contributed by atoms with Crippen molar-refractivity contribution in [3.63, 3.8) is 0 Å². The number of hydrogen-bond donors (Lipinski definition) is 1. The Morgan fingerprint density at radius 2 is 2.07 bits per heavy atom. The Morgan fingerprint density at radius 3 is 2.71 bits per heavy atom. The first-order valence-corrected chi connectivity index (χ1v) is 9.39. The molecule has 1 amide bonds. The first kappa shape index (κ1) is 19.7. The Balaban J connectivity index is 1.78. The summed E-state index contributed by atoms with van der Waals surface area (Å²) < 4.78 is 33.5. The van der Waals surface area contributed by atoms with E-state index in [4.69, 9.17) is 4.42 Å². The molecule has 0 saturated carbocycles. The molecule has 0 aliphatic rings. The van der Waals surface area contributed by atoms with Crippen LogP contribution in [-0.4, -0.2) is 16.2 Å². The number of thioether (sulfide) groups is 1. The van der Waals surface area contributed by atoms with E-state index in [1.165, 1.54) is 6.07 Å². The van der Waals surface area contributed by atoms with Gasteiger partial charge in [0.05, 0.1) is 24.1 Å². The molecule has 0 aliphatic heterocycles. The van der Waals surface area contributed by atoms with E-state index in [9.17, 15) is 18.8 Å². The van der Waals surface area contributed by atoms with Crippen LogP contribution in [0.1, 0.15) is 22.6 Å². The first-order valence-electron chi connectivity index (χ1n) is 8.40. The van der Waals surface area contributed by atoms with Gasteiger partial charge in [0, 0.05) is 10.6 Å². The molecular formula is C20H17F2N3O2S. The zero-order chi connectivity index (χ0) is 20.3. The van der Waals surface area contributed by atoms with E-state index in [1.807, 2.05) is 24.5 Å². The van der Waals surface area contributed by atoms with Crippen molar-refractivity contribution in [2.24, 2.45) is 0 Å². The van der Waals surface area contributed by atoms with Crippen molar-refractivity contribution < 1.29 is 18.0 Å². The van der Waals surface area contributed by atoms with Crippen molar-refractivity contribution in [2.45, 2.75) is 25.3 Å². The van der Waals surface area contributed by atoms with Crippen molar-refractivity contribution in [3.8, 4) is 6.07 Å². The summed E-state index contributed by atoms with van der Waals surface area (Å²) in [5, 5.41) is 12.3. The van der Waals surface area contributed by atoms with Crippen molar-refractivity contribution in [1.29, 1.82) is 5.26 Å². The molecule has 2 aromatic heterocycles. The number of nitrogens with one attached hydrogen (secondary N) is 1. The maximum Gasteiger partial charge on any atom is 0.235 e. The van der Waals surface area contributed by atoms with E-state index in [2.05, 4.69) is 11.4 Å². The van der Waals surface area contributed by atoms with Crippen molar-refractivity contribution in [2.75, 3.05) is 11.1 Å². The summed E-state index contributed by atoms with van der Waals surface area (Å²) in [6, 6.07) is 9.18. The van der Waals surface area contributed by atoms with Crippen LogP contribution < -0.4 is 5.32 Å². The van der Waals surface area contributed by atoms with Crippen LogP contribution in [0.4, 0.5) is 14.6 Å². The average Bonchev–Trinajstić information content (AvgIpc) is 3.26. The summed E-state index contributed by atoms with van der Waals surface area (Å²) in [5.74, 6) is -1.19. The Labute approximate surface area is 165 Å². The molecule has 1 N–H and O–H groups in total. The minimum absolute atomic E-state index is 0.0139. The Bertz CT molecular complexity index is 1050. The molecule has 3 aromatic rings. The summed E-state index contributed by atoms with van der Waals surface area (Å²) in [4.78, 5) is 12.9. The molecule has 144 valence electrons. The quantitative estimate of drug-likeness (QED) is 0.612. The number of rotatable bonds is 6. The molecule has 0 atom stereocenters. The fourth-order valence-electron chi connectivity index (χ4n) is 2.77. The average molecular weight is 401 g/mol. The van der Waals surface area contributed by atoms with E-state index < -0.39 is 11.6 Å². The highest BCUT2D eigenvalue weighted by molar-refractivity contribution is 8.00. The van der Waals surface area contributed by atoms with E-state index >= 15 is 0 Å². The minimum Gasteiger partial charge on any atom is -0.467 e. The lowest BCUT2D eigenvalue weighted by atomic mass is 10.2. The zero-order valence-corrected chi connectivity index (χ0v) is 16.1. The van der Waals surface area contributed by atoms with Crippen LogP contribution in [0.25, 0.3) is 0 Å². The summed E-state index contributed by atoms with van der Waals surface area (Å²) in [7, 11) is 0. The van der Waals surface area contributed by atoms with Crippen LogP contribution in [0.2, 0.25) is 0 Å². The standard InChI is InChI=1S/C20H17F2N3O2S/c1-12-13(2)25(10-14-4-3-7-27-14)20(16(12)9-23)24-19(26)11-28-15-5-6-17(21)18(22)8-15/h3-8H,10-11H2,1-2H3,(H,24,26). The summed E-state index contributed by atoms with van der Waals surface area (Å²) >= 11 is 1.08. The van der Waals surface area contributed by atoms with Gasteiger partial charge in [-0.1, -0.05) is 0 Å². The van der Waals surface area contributed by atoms with Gasteiger partial charge in [0.2, 0.25) is 5.91 Å². The van der Waals surface area contributed by atoms with Gasteiger partial charge in [-0.3, -0.25) is 4.79 Å². The molecule has 0 saturated heterocycles. The van der Waals surface area contributed by atoms with Crippen LogP contribution in [0.15, 0.2) is 45.9 Å². The lowest BCUT2D eigenvalue weighted by molar-refractivity contribution is -0.113. The molecule has 3 rings (SSSR count). The lowest BCUT2D eigenvalue weighted by Gasteiger charge is -2.12. The summed E-state index contributed by atoms with van der Waals surface area (Å²) in [6.07, 6.45) is 1.56. The number of furan rings is 1. The highest BCUT2D eigenvalue weighted by Crippen LogP contribution is 2.28. The van der Waals surface area contributed by atoms with E-state index in [1.54, 1.807) is 12.3 Å². The number of halogens is 2. The van der Waals surface area contributed by atoms with Gasteiger partial charge in [-0.05, 0) is 49.7 Å². The number of benzene rings is 1. The number of carbonyl (C=O) groups excluding carboxylic acids is 1. The zero-order valence-electron chi connectivity index (χ0n) is 15.3. The Hall–Kier alpha value is -3.05. The summed E-state index contributed by atoms with van der Waals surface area (Å²) in [6.45, 7) is 4.05. The minimum atomic E-state index is -0.962. The molecule has 1 aromatic carbocycles. The number of anilines is 1. The highest BCUT2D eigenvalue weighted by atomic mass is 32.2. The lowest BCUT2D eigenvalue weighted by Crippen LogP contribution is -2.18. The van der Waals surface area contributed by atoms with Gasteiger partial charge in [-0.25, -0.2) is 8.78 Å². The van der Waals surface area contributed by atoms with Crippen LogP contribution in [0.3, 0.4) is 0 Å². The molecule has 0 bridgehead atoms. The third-order valence-corrected chi connectivity index (χ3v) is 5.35. The SMILES string of the molecule is Cc1c(C#N)c(NC(=O)CSc2ccc(F)c(F)c2)n(Cc2ccco2)c1C. The van der Waals surface area contributed by atoms with Gasteiger partial charge in [0.1, 0.15) is 17.6 Å². The molecular weight excluding hydrogens is 384 g/mol. The van der Waals surface area contributed by atoms with Crippen molar-refractivity contribution >= 4 is 23.5 Å². The van der Waals surface area contributed by atoms with Crippen LogP contribution in [-0.2, 0) is 11.3 Å². The topological polar surface area (TPSA) is 71.0 Å². The number of aromatic nitrogens is 1. The van der Waals surface area contributed by atoms with Crippen LogP contribution >= 0.6 is 11.8 Å². The predicted molar refractivity (Wildman–Crippen MR) is 102 cm³/mol. The normalized spacial score (nSPS) is 10.7. The van der Waals surface area contributed by atoms with Gasteiger partial charge < -0.3 is 14.3 Å². The predicted octanol–water partition coefficient (Wildman–Crippen LogP) is 4.63. The van der Waals surface area contributed by atoms with Gasteiger partial charge in [0.25, 0.3) is 0 Å². The molecule has 5 nitrogen and oxygen atoms in total. The van der Waals surface area contributed by atoms with Gasteiger partial charge in [-0.2, -0.15) is 5.26 Å². The Morgan fingerprint density at radius 1 is 1.29 bits per heavy atom. The largest absolute Gasteiger partial charge is 0.467 e. The van der Waals surface area contributed by atoms with Crippen LogP contribution in [0.5, 0.6) is 0 Å². The first-order chi connectivity index (χ1) is 13.4. The number of nitriles is 1. The number of amides is 1. The molecule has 0 unspecified atom stereocenters.